The maximum atomic E-state index is 14.0. The fourth-order valence-corrected chi connectivity index (χ4v) is 5.95. The third-order valence-corrected chi connectivity index (χ3v) is 9.30. The maximum Gasteiger partial charge on any atom is 0.264 e. The highest BCUT2D eigenvalue weighted by Gasteiger charge is 2.33. The lowest BCUT2D eigenvalue weighted by molar-refractivity contribution is -0.139. The summed E-state index contributed by atoms with van der Waals surface area (Å²) >= 11 is 18.5. The van der Waals surface area contributed by atoms with E-state index in [1.807, 2.05) is 13.8 Å². The van der Waals surface area contributed by atoms with Gasteiger partial charge in [0.05, 0.1) is 20.6 Å². The monoisotopic (exact) mass is 623 g/mol. The number of rotatable bonds is 11. The summed E-state index contributed by atoms with van der Waals surface area (Å²) in [5.74, 6) is -0.948. The average molecular weight is 625 g/mol. The van der Waals surface area contributed by atoms with Crippen molar-refractivity contribution >= 4 is 62.3 Å². The van der Waals surface area contributed by atoms with Crippen molar-refractivity contribution in [2.45, 2.75) is 57.6 Å². The maximum absolute atomic E-state index is 14.0. The van der Waals surface area contributed by atoms with Crippen molar-refractivity contribution in [3.05, 3.63) is 92.9 Å². The van der Waals surface area contributed by atoms with Crippen LogP contribution in [0.3, 0.4) is 0 Å². The van der Waals surface area contributed by atoms with Crippen LogP contribution in [0.25, 0.3) is 0 Å². The Bertz CT molecular complexity index is 1470. The van der Waals surface area contributed by atoms with Crippen molar-refractivity contribution in [1.29, 1.82) is 0 Å². The zero-order chi connectivity index (χ0) is 29.6. The van der Waals surface area contributed by atoms with E-state index >= 15 is 0 Å². The molecular formula is C29H32Cl3N3O4S. The van der Waals surface area contributed by atoms with Crippen molar-refractivity contribution in [3.63, 3.8) is 0 Å². The predicted molar refractivity (Wildman–Crippen MR) is 162 cm³/mol. The summed E-state index contributed by atoms with van der Waals surface area (Å²) in [6, 6.07) is 16.6. The number of hydrogen-bond acceptors (Lipinski definition) is 4. The van der Waals surface area contributed by atoms with Gasteiger partial charge in [-0.3, -0.25) is 13.9 Å². The Morgan fingerprint density at radius 1 is 0.925 bits per heavy atom. The van der Waals surface area contributed by atoms with E-state index in [0.717, 1.165) is 4.31 Å². The molecule has 0 aliphatic carbocycles. The predicted octanol–water partition coefficient (Wildman–Crippen LogP) is 6.48. The number of hydrogen-bond donors (Lipinski definition) is 1. The molecular weight excluding hydrogens is 593 g/mol. The summed E-state index contributed by atoms with van der Waals surface area (Å²) in [6.07, 6.45) is 0.705. The molecule has 2 amide bonds. The molecule has 0 aromatic heterocycles. The second kappa shape index (κ2) is 13.7. The van der Waals surface area contributed by atoms with Gasteiger partial charge in [0.25, 0.3) is 10.0 Å². The molecule has 11 heteroatoms. The van der Waals surface area contributed by atoms with Crippen molar-refractivity contribution in [3.8, 4) is 0 Å². The third-order valence-electron chi connectivity index (χ3n) is 6.56. The molecule has 2 atom stereocenters. The number of carbonyl (C=O) groups is 2. The zero-order valence-corrected chi connectivity index (χ0v) is 25.8. The Hall–Kier alpha value is -2.78. The first-order valence-corrected chi connectivity index (χ1v) is 15.3. The van der Waals surface area contributed by atoms with Crippen LogP contribution in [-0.4, -0.2) is 43.8 Å². The standard InChI is InChI=1S/C29H32Cl3N3O4S/c1-5-20(3)33-29(37)21(4)34(17-22-12-14-25(31)26(32)15-22)28(36)18-35(27-16-23(30)13-11-19(27)2)40(38,39)24-9-7-6-8-10-24/h6-16,20-21H,5,17-18H2,1-4H3,(H,33,37)/t20-,21+/m0/s1. The molecule has 0 heterocycles. The fraction of sp³-hybridized carbons (Fsp3) is 0.310. The Morgan fingerprint density at radius 3 is 2.23 bits per heavy atom. The molecule has 0 aliphatic rings. The van der Waals surface area contributed by atoms with Crippen LogP contribution in [0.15, 0.2) is 71.6 Å². The highest BCUT2D eigenvalue weighted by Crippen LogP contribution is 2.30. The van der Waals surface area contributed by atoms with Gasteiger partial charge in [-0.05, 0) is 74.7 Å². The Balaban J connectivity index is 2.07. The minimum absolute atomic E-state index is 0.00142. The average Bonchev–Trinajstić information content (AvgIpc) is 2.93. The summed E-state index contributed by atoms with van der Waals surface area (Å²) in [6.45, 7) is 6.58. The SMILES string of the molecule is CC[C@H](C)NC(=O)[C@@H](C)N(Cc1ccc(Cl)c(Cl)c1)C(=O)CN(c1cc(Cl)ccc1C)S(=O)(=O)c1ccccc1. The third kappa shape index (κ3) is 7.69. The number of sulfonamides is 1. The molecule has 0 unspecified atom stereocenters. The van der Waals surface area contributed by atoms with Crippen molar-refractivity contribution in [2.75, 3.05) is 10.8 Å². The van der Waals surface area contributed by atoms with Gasteiger partial charge in [-0.25, -0.2) is 8.42 Å². The van der Waals surface area contributed by atoms with Gasteiger partial charge in [0.15, 0.2) is 0 Å². The molecule has 0 fully saturated rings. The van der Waals surface area contributed by atoms with Gasteiger partial charge in [-0.1, -0.05) is 72.1 Å². The quantitative estimate of drug-likeness (QED) is 0.265. The summed E-state index contributed by atoms with van der Waals surface area (Å²) < 4.78 is 28.8. The van der Waals surface area contributed by atoms with Crippen LogP contribution in [0, 0.1) is 6.92 Å². The molecule has 0 saturated heterocycles. The molecule has 3 rings (SSSR count). The normalized spacial score (nSPS) is 12.9. The number of nitrogens with zero attached hydrogens (tertiary/aromatic N) is 2. The van der Waals surface area contributed by atoms with Crippen molar-refractivity contribution in [2.24, 2.45) is 0 Å². The Kier molecular flexibility index (Phi) is 10.9. The lowest BCUT2D eigenvalue weighted by Crippen LogP contribution is -2.52. The van der Waals surface area contributed by atoms with E-state index in [2.05, 4.69) is 5.32 Å². The number of anilines is 1. The van der Waals surface area contributed by atoms with Crippen LogP contribution in [-0.2, 0) is 26.2 Å². The van der Waals surface area contributed by atoms with E-state index in [4.69, 9.17) is 34.8 Å². The molecule has 0 radical (unpaired) electrons. The Morgan fingerprint density at radius 2 is 1.60 bits per heavy atom. The summed E-state index contributed by atoms with van der Waals surface area (Å²) in [7, 11) is -4.19. The van der Waals surface area contributed by atoms with E-state index in [0.29, 0.717) is 32.6 Å². The molecule has 0 bridgehead atoms. The Labute approximate surface area is 251 Å². The number of aryl methyl sites for hydroxylation is 1. The van der Waals surface area contributed by atoms with E-state index in [9.17, 15) is 18.0 Å². The van der Waals surface area contributed by atoms with E-state index in [1.54, 1.807) is 62.4 Å². The zero-order valence-electron chi connectivity index (χ0n) is 22.7. The van der Waals surface area contributed by atoms with Crippen molar-refractivity contribution < 1.29 is 18.0 Å². The molecule has 1 N–H and O–H groups in total. The summed E-state index contributed by atoms with van der Waals surface area (Å²) in [5, 5.41) is 3.86. The van der Waals surface area contributed by atoms with Gasteiger partial charge < -0.3 is 10.2 Å². The van der Waals surface area contributed by atoms with Crippen LogP contribution >= 0.6 is 34.8 Å². The lowest BCUT2D eigenvalue weighted by Gasteiger charge is -2.33. The minimum atomic E-state index is -4.19. The number of halogens is 3. The number of nitrogens with one attached hydrogen (secondary N) is 1. The molecule has 40 heavy (non-hydrogen) atoms. The van der Waals surface area contributed by atoms with Gasteiger partial charge in [0.2, 0.25) is 11.8 Å². The molecule has 214 valence electrons. The first-order valence-electron chi connectivity index (χ1n) is 12.7. The fourth-order valence-electron chi connectivity index (χ4n) is 3.97. The highest BCUT2D eigenvalue weighted by molar-refractivity contribution is 7.92. The number of amides is 2. The van der Waals surface area contributed by atoms with Crippen LogP contribution in [0.4, 0.5) is 5.69 Å². The van der Waals surface area contributed by atoms with E-state index in [1.165, 1.54) is 23.1 Å². The smallest absolute Gasteiger partial charge is 0.264 e. The largest absolute Gasteiger partial charge is 0.352 e. The summed E-state index contributed by atoms with van der Waals surface area (Å²) in [4.78, 5) is 28.5. The van der Waals surface area contributed by atoms with Crippen LogP contribution in [0.1, 0.15) is 38.3 Å². The molecule has 3 aromatic carbocycles. The van der Waals surface area contributed by atoms with Crippen LogP contribution in [0.2, 0.25) is 15.1 Å². The van der Waals surface area contributed by atoms with Gasteiger partial charge in [0, 0.05) is 17.6 Å². The number of benzene rings is 3. The first kappa shape index (κ1) is 31.7. The lowest BCUT2D eigenvalue weighted by atomic mass is 10.1. The van der Waals surface area contributed by atoms with E-state index in [-0.39, 0.29) is 29.1 Å². The number of carbonyl (C=O) groups excluding carboxylic acids is 2. The van der Waals surface area contributed by atoms with Crippen molar-refractivity contribution in [1.82, 2.24) is 10.2 Å². The first-order chi connectivity index (χ1) is 18.8. The second-order valence-electron chi connectivity index (χ2n) is 9.52. The molecule has 0 spiro atoms. The second-order valence-corrected chi connectivity index (χ2v) is 12.6. The van der Waals surface area contributed by atoms with Crippen LogP contribution in [0.5, 0.6) is 0 Å². The van der Waals surface area contributed by atoms with Crippen LogP contribution < -0.4 is 9.62 Å². The van der Waals surface area contributed by atoms with Gasteiger partial charge in [-0.15, -0.1) is 0 Å². The minimum Gasteiger partial charge on any atom is -0.352 e. The molecule has 0 saturated carbocycles. The van der Waals surface area contributed by atoms with Gasteiger partial charge in [0.1, 0.15) is 12.6 Å². The topological polar surface area (TPSA) is 86.8 Å². The highest BCUT2D eigenvalue weighted by atomic mass is 35.5. The molecule has 7 nitrogen and oxygen atoms in total. The van der Waals surface area contributed by atoms with E-state index < -0.39 is 28.5 Å². The molecule has 3 aromatic rings. The van der Waals surface area contributed by atoms with Gasteiger partial charge in [-0.2, -0.15) is 0 Å². The summed E-state index contributed by atoms with van der Waals surface area (Å²) in [5.41, 5.74) is 1.49. The van der Waals surface area contributed by atoms with Gasteiger partial charge >= 0.3 is 0 Å². The molecule has 0 aliphatic heterocycles.